The minimum absolute atomic E-state index is 0.0547. The Labute approximate surface area is 228 Å². The summed E-state index contributed by atoms with van der Waals surface area (Å²) in [5.74, 6) is -3.81. The summed E-state index contributed by atoms with van der Waals surface area (Å²) in [4.78, 5) is 33.2. The zero-order chi connectivity index (χ0) is 28.8. The van der Waals surface area contributed by atoms with Crippen molar-refractivity contribution in [1.29, 1.82) is 0 Å². The number of methoxy groups -OCH3 is 1. The van der Waals surface area contributed by atoms with E-state index in [1.807, 2.05) is 6.07 Å². The van der Waals surface area contributed by atoms with Crippen molar-refractivity contribution in [1.82, 2.24) is 9.47 Å². The Kier molecular flexibility index (Phi) is 7.62. The molecular weight excluding hydrogens is 550 g/mol. The molecule has 1 aromatic heterocycles. The molecular formula is C27H28F3N3O6P+. The van der Waals surface area contributed by atoms with E-state index in [2.05, 4.69) is 4.52 Å². The number of hydrogen-bond donors (Lipinski definition) is 2. The van der Waals surface area contributed by atoms with E-state index in [0.29, 0.717) is 54.0 Å². The number of rotatable bonds is 7. The maximum Gasteiger partial charge on any atom is 0.472 e. The minimum Gasteiger partial charge on any atom is -0.492 e. The third-order valence-electron chi connectivity index (χ3n) is 7.38. The summed E-state index contributed by atoms with van der Waals surface area (Å²) in [6.07, 6.45) is 7.60. The second-order valence-electron chi connectivity index (χ2n) is 9.91. The van der Waals surface area contributed by atoms with Gasteiger partial charge in [0.2, 0.25) is 6.73 Å². The normalized spacial score (nSPS) is 20.3. The Morgan fingerprint density at radius 2 is 1.85 bits per heavy atom. The summed E-state index contributed by atoms with van der Waals surface area (Å²) < 4.78 is 65.9. The van der Waals surface area contributed by atoms with Gasteiger partial charge in [-0.3, -0.25) is 4.79 Å². The number of carbonyl (C=O) groups excluding carboxylic acids is 1. The van der Waals surface area contributed by atoms with Crippen LogP contribution in [-0.4, -0.2) is 38.3 Å². The van der Waals surface area contributed by atoms with Gasteiger partial charge in [-0.05, 0) is 67.2 Å². The number of benzene rings is 2. The summed E-state index contributed by atoms with van der Waals surface area (Å²) in [7, 11) is -3.13. The summed E-state index contributed by atoms with van der Waals surface area (Å²) in [6, 6.07) is 6.69. The predicted molar refractivity (Wildman–Crippen MR) is 137 cm³/mol. The van der Waals surface area contributed by atoms with Crippen LogP contribution in [0.15, 0.2) is 48.4 Å². The number of ether oxygens (including phenoxy) is 1. The fourth-order valence-electron chi connectivity index (χ4n) is 5.45. The Morgan fingerprint density at radius 1 is 1.12 bits per heavy atom. The van der Waals surface area contributed by atoms with E-state index in [1.54, 1.807) is 47.1 Å². The van der Waals surface area contributed by atoms with Crippen molar-refractivity contribution in [3.63, 3.8) is 0 Å². The predicted octanol–water partition coefficient (Wildman–Crippen LogP) is 4.48. The Bertz CT molecular complexity index is 1530. The molecule has 212 valence electrons. The first kappa shape index (κ1) is 28.1. The molecule has 13 heteroatoms. The van der Waals surface area contributed by atoms with Crippen LogP contribution in [-0.2, 0) is 20.6 Å². The van der Waals surface area contributed by atoms with E-state index in [9.17, 15) is 22.5 Å². The van der Waals surface area contributed by atoms with Gasteiger partial charge in [-0.1, -0.05) is 6.07 Å². The number of fused-ring (bicyclic) bond motifs is 1. The highest BCUT2D eigenvalue weighted by molar-refractivity contribution is 7.46. The highest BCUT2D eigenvalue weighted by Gasteiger charge is 2.42. The van der Waals surface area contributed by atoms with Gasteiger partial charge < -0.3 is 19.4 Å². The number of phosphoric ester groups is 1. The van der Waals surface area contributed by atoms with Crippen LogP contribution in [0.2, 0.25) is 0 Å². The number of aromatic nitrogens is 2. The van der Waals surface area contributed by atoms with Crippen LogP contribution >= 0.6 is 7.82 Å². The molecule has 0 saturated carbocycles. The lowest BCUT2D eigenvalue weighted by atomic mass is 9.95. The van der Waals surface area contributed by atoms with Gasteiger partial charge in [0, 0.05) is 18.5 Å². The second-order valence-corrected chi connectivity index (χ2v) is 11.1. The number of piperidine rings is 1. The molecule has 0 aliphatic carbocycles. The Hall–Kier alpha value is -3.44. The highest BCUT2D eigenvalue weighted by atomic mass is 31.2. The molecule has 0 radical (unpaired) electrons. The third-order valence-corrected chi connectivity index (χ3v) is 7.83. The average Bonchev–Trinajstić information content (AvgIpc) is 3.50. The zero-order valence-corrected chi connectivity index (χ0v) is 22.7. The fourth-order valence-corrected chi connectivity index (χ4v) is 5.72. The van der Waals surface area contributed by atoms with E-state index in [1.165, 1.54) is 11.7 Å². The zero-order valence-electron chi connectivity index (χ0n) is 21.8. The third kappa shape index (κ3) is 5.57. The molecule has 2 N–H and O–H groups in total. The highest BCUT2D eigenvalue weighted by Crippen LogP contribution is 2.43. The molecule has 5 rings (SSSR count). The smallest absolute Gasteiger partial charge is 0.472 e. The van der Waals surface area contributed by atoms with Crippen LogP contribution in [0.25, 0.3) is 11.8 Å². The first-order valence-corrected chi connectivity index (χ1v) is 14.1. The number of nitrogens with zero attached hydrogens (tertiary/aromatic N) is 3. The first-order valence-electron chi connectivity index (χ1n) is 12.6. The quantitative estimate of drug-likeness (QED) is 0.186. The van der Waals surface area contributed by atoms with Gasteiger partial charge in [0.1, 0.15) is 11.9 Å². The first-order chi connectivity index (χ1) is 18.9. The van der Waals surface area contributed by atoms with Crippen molar-refractivity contribution in [3.8, 4) is 11.4 Å². The number of imidazole rings is 1. The topological polar surface area (TPSA) is 105 Å². The van der Waals surface area contributed by atoms with Gasteiger partial charge >= 0.3 is 7.82 Å². The number of aryl methyl sites for hydroxylation is 1. The largest absolute Gasteiger partial charge is 0.492 e. The summed E-state index contributed by atoms with van der Waals surface area (Å²) in [5.41, 5.74) is 2.83. The lowest BCUT2D eigenvalue weighted by Gasteiger charge is -2.35. The summed E-state index contributed by atoms with van der Waals surface area (Å²) in [6.45, 7) is 1.42. The van der Waals surface area contributed by atoms with Gasteiger partial charge in [-0.25, -0.2) is 26.8 Å². The molecule has 2 aliphatic heterocycles. The monoisotopic (exact) mass is 578 g/mol. The molecule has 2 atom stereocenters. The summed E-state index contributed by atoms with van der Waals surface area (Å²) >= 11 is 0. The second kappa shape index (κ2) is 10.9. The number of amides is 1. The molecule has 40 heavy (non-hydrogen) atoms. The lowest BCUT2D eigenvalue weighted by Crippen LogP contribution is -2.41. The maximum atomic E-state index is 13.9. The molecule has 9 nitrogen and oxygen atoms in total. The number of phosphoric acid groups is 1. The van der Waals surface area contributed by atoms with Crippen molar-refractivity contribution < 1.29 is 46.1 Å². The van der Waals surface area contributed by atoms with Crippen molar-refractivity contribution in [2.45, 2.75) is 51.4 Å². The molecule has 2 aromatic carbocycles. The van der Waals surface area contributed by atoms with Crippen molar-refractivity contribution >= 4 is 19.8 Å². The standard InChI is InChI=1S/C27H27F3N3O6P/c1-16-13-31(14-32(16)15-39-40(35,36)37)24-7-3-17(10-25(24)38-2)9-18-4-5-20-6-8-23(33(20)27(18)34)19-11-21(28)26(30)22(29)12-19/h3,7,9-14,20,23H,4-6,8,15H2,1-2H3,(H-,35,36,37)/p+1/b18-9+. The molecule has 2 saturated heterocycles. The van der Waals surface area contributed by atoms with E-state index < -0.39 is 31.3 Å². The van der Waals surface area contributed by atoms with Gasteiger partial charge in [-0.2, -0.15) is 4.57 Å². The maximum absolute atomic E-state index is 13.9. The SMILES string of the molecule is COc1cc(/C=C2\CCC3CCC(c4cc(F)c(F)c(F)c4)N3C2=O)ccc1-[n+]1cc(C)n(COP(=O)(O)O)c1. The lowest BCUT2D eigenvalue weighted by molar-refractivity contribution is -0.596. The molecule has 2 fully saturated rings. The van der Waals surface area contributed by atoms with Gasteiger partial charge in [-0.15, -0.1) is 0 Å². The van der Waals surface area contributed by atoms with Crippen LogP contribution in [0.1, 0.15) is 48.5 Å². The van der Waals surface area contributed by atoms with Crippen molar-refractivity contribution in [3.05, 3.63) is 82.7 Å². The number of carbonyl (C=O) groups is 1. The van der Waals surface area contributed by atoms with E-state index in [4.69, 9.17) is 14.5 Å². The fraction of sp³-hybridized carbons (Fsp3) is 0.333. The molecule has 3 heterocycles. The van der Waals surface area contributed by atoms with Crippen LogP contribution < -0.4 is 9.30 Å². The Balaban J connectivity index is 1.40. The molecule has 3 aromatic rings. The molecule has 0 bridgehead atoms. The van der Waals surface area contributed by atoms with E-state index >= 15 is 0 Å². The summed E-state index contributed by atoms with van der Waals surface area (Å²) in [5, 5.41) is 0. The number of halogens is 3. The van der Waals surface area contributed by atoms with E-state index in [0.717, 1.165) is 12.1 Å². The van der Waals surface area contributed by atoms with Gasteiger partial charge in [0.05, 0.1) is 13.2 Å². The van der Waals surface area contributed by atoms with Gasteiger partial charge in [0.25, 0.3) is 12.2 Å². The van der Waals surface area contributed by atoms with Crippen molar-refractivity contribution in [2.75, 3.05) is 7.11 Å². The van der Waals surface area contributed by atoms with Crippen LogP contribution in [0.3, 0.4) is 0 Å². The number of hydrogen-bond acceptors (Lipinski definition) is 4. The van der Waals surface area contributed by atoms with E-state index in [-0.39, 0.29) is 24.2 Å². The molecule has 0 spiro atoms. The van der Waals surface area contributed by atoms with Crippen LogP contribution in [0, 0.1) is 24.4 Å². The molecule has 2 unspecified atom stereocenters. The Morgan fingerprint density at radius 3 is 2.52 bits per heavy atom. The molecule has 1 amide bonds. The van der Waals surface area contributed by atoms with Gasteiger partial charge in [0.15, 0.2) is 28.9 Å². The van der Waals surface area contributed by atoms with Crippen LogP contribution in [0.5, 0.6) is 5.75 Å². The molecule has 2 aliphatic rings. The minimum atomic E-state index is -4.63. The average molecular weight is 579 g/mol. The van der Waals surface area contributed by atoms with Crippen molar-refractivity contribution in [2.24, 2.45) is 0 Å². The van der Waals surface area contributed by atoms with Crippen LogP contribution in [0.4, 0.5) is 13.2 Å².